The van der Waals surface area contributed by atoms with Crippen molar-refractivity contribution in [2.24, 2.45) is 0 Å². The summed E-state index contributed by atoms with van der Waals surface area (Å²) in [6.45, 7) is 8.31. The lowest BCUT2D eigenvalue weighted by Gasteiger charge is -2.08. The smallest absolute Gasteiger partial charge is 0.301 e. The van der Waals surface area contributed by atoms with Crippen LogP contribution < -0.4 is 21.3 Å². The minimum atomic E-state index is -1.23. The first kappa shape index (κ1) is 26.3. The van der Waals surface area contributed by atoms with Gasteiger partial charge in [-0.05, 0) is 32.4 Å². The number of hydrogen-bond donors (Lipinski definition) is 4. The molecule has 0 bridgehead atoms. The van der Waals surface area contributed by atoms with Crippen LogP contribution in [-0.4, -0.2) is 89.6 Å². The van der Waals surface area contributed by atoms with E-state index in [1.54, 1.807) is 5.32 Å². The molecule has 0 atom stereocenters. The van der Waals surface area contributed by atoms with Gasteiger partial charge >= 0.3 is 5.91 Å². The minimum Gasteiger partial charge on any atom is -0.379 e. The fraction of sp³-hybridized carbons (Fsp3) is 0.778. The number of carbonyl (C=O) groups is 4. The maximum atomic E-state index is 11.4. The number of hydrogen-bond acceptors (Lipinski definition) is 9. The maximum absolute atomic E-state index is 11.4. The van der Waals surface area contributed by atoms with Crippen LogP contribution in [0.2, 0.25) is 0 Å². The van der Waals surface area contributed by atoms with Crippen molar-refractivity contribution >= 4 is 23.9 Å². The van der Waals surface area contributed by atoms with Gasteiger partial charge in [-0.3, -0.25) is 24.5 Å². The molecule has 0 saturated carbocycles. The van der Waals surface area contributed by atoms with E-state index in [9.17, 15) is 19.2 Å². The van der Waals surface area contributed by atoms with Gasteiger partial charge < -0.3 is 25.4 Å². The van der Waals surface area contributed by atoms with E-state index in [1.807, 2.05) is 0 Å². The Morgan fingerprint density at radius 2 is 1.39 bits per heavy atom. The van der Waals surface area contributed by atoms with Gasteiger partial charge in [-0.1, -0.05) is 6.92 Å². The van der Waals surface area contributed by atoms with Crippen molar-refractivity contribution in [3.05, 3.63) is 0 Å². The Morgan fingerprint density at radius 1 is 0.786 bits per heavy atom. The summed E-state index contributed by atoms with van der Waals surface area (Å²) in [5, 5.41) is 10.9. The Morgan fingerprint density at radius 3 is 2.04 bits per heavy atom. The van der Waals surface area contributed by atoms with E-state index in [4.69, 9.17) is 9.47 Å². The molecule has 0 unspecified atom stereocenters. The third-order valence-electron chi connectivity index (χ3n) is 3.51. The molecule has 0 spiro atoms. The van der Waals surface area contributed by atoms with Gasteiger partial charge in [0.25, 0.3) is 5.78 Å². The van der Waals surface area contributed by atoms with Crippen molar-refractivity contribution in [1.29, 1.82) is 0 Å². The van der Waals surface area contributed by atoms with Crippen molar-refractivity contribution in [2.75, 3.05) is 65.7 Å². The SMILES string of the molecule is CCCOCCOCCNCCCCNCCNCC(=O)C(=O)C(=O)NC=O. The highest BCUT2D eigenvalue weighted by molar-refractivity contribution is 6.64. The topological polar surface area (TPSA) is 135 Å². The summed E-state index contributed by atoms with van der Waals surface area (Å²) in [7, 11) is 0. The number of amides is 2. The normalized spacial score (nSPS) is 10.6. The largest absolute Gasteiger partial charge is 0.379 e. The molecule has 10 nitrogen and oxygen atoms in total. The van der Waals surface area contributed by atoms with Gasteiger partial charge in [-0.25, -0.2) is 0 Å². The molecule has 10 heteroatoms. The highest BCUT2D eigenvalue weighted by Gasteiger charge is 2.21. The Kier molecular flexibility index (Phi) is 18.8. The molecule has 0 aromatic heterocycles. The summed E-state index contributed by atoms with van der Waals surface area (Å²) in [6.07, 6.45) is 3.15. The molecule has 162 valence electrons. The molecule has 0 rings (SSSR count). The third kappa shape index (κ3) is 16.5. The molecule has 0 aromatic rings. The molecule has 28 heavy (non-hydrogen) atoms. The van der Waals surface area contributed by atoms with Crippen LogP contribution in [0.1, 0.15) is 26.2 Å². The van der Waals surface area contributed by atoms with Gasteiger partial charge in [0.15, 0.2) is 0 Å². The van der Waals surface area contributed by atoms with Crippen LogP contribution in [-0.2, 0) is 28.7 Å². The summed E-state index contributed by atoms with van der Waals surface area (Å²) in [5.74, 6) is -3.31. The number of carbonyl (C=O) groups excluding carboxylic acids is 4. The minimum absolute atomic E-state index is 0.0686. The molecular weight excluding hydrogens is 368 g/mol. The standard InChI is InChI=1S/C18H34N4O6/c1-2-10-27-12-13-28-11-9-20-6-4-3-5-19-7-8-21-14-16(24)17(25)18(26)22-15-23/h15,19-21H,2-14H2,1H3,(H,22,23,26). The average molecular weight is 402 g/mol. The summed E-state index contributed by atoms with van der Waals surface area (Å²) >= 11 is 0. The first-order valence-electron chi connectivity index (χ1n) is 9.72. The molecule has 0 heterocycles. The number of nitrogens with one attached hydrogen (secondary N) is 4. The maximum Gasteiger partial charge on any atom is 0.301 e. The summed E-state index contributed by atoms with van der Waals surface area (Å²) in [6, 6.07) is 0. The molecule has 2 amide bonds. The van der Waals surface area contributed by atoms with E-state index in [0.717, 1.165) is 45.5 Å². The molecule has 0 aliphatic carbocycles. The van der Waals surface area contributed by atoms with Crippen molar-refractivity contribution in [2.45, 2.75) is 26.2 Å². The van der Waals surface area contributed by atoms with Gasteiger partial charge in [0.05, 0.1) is 26.4 Å². The van der Waals surface area contributed by atoms with Crippen LogP contribution in [0.3, 0.4) is 0 Å². The number of Topliss-reactive ketones (excluding diaryl/α,β-unsaturated/α-hetero) is 2. The molecule has 0 aliphatic heterocycles. The van der Waals surface area contributed by atoms with E-state index >= 15 is 0 Å². The van der Waals surface area contributed by atoms with Crippen molar-refractivity contribution in [1.82, 2.24) is 21.3 Å². The Labute approximate surface area is 166 Å². The van der Waals surface area contributed by atoms with E-state index in [0.29, 0.717) is 32.9 Å². The van der Waals surface area contributed by atoms with Gasteiger partial charge in [-0.15, -0.1) is 0 Å². The predicted molar refractivity (Wildman–Crippen MR) is 104 cm³/mol. The first-order valence-corrected chi connectivity index (χ1v) is 9.72. The number of ketones is 2. The molecule has 0 radical (unpaired) electrons. The number of rotatable bonds is 21. The molecule has 0 aromatic carbocycles. The van der Waals surface area contributed by atoms with Crippen molar-refractivity contribution in [3.8, 4) is 0 Å². The van der Waals surface area contributed by atoms with Crippen LogP contribution in [0.25, 0.3) is 0 Å². The lowest BCUT2D eigenvalue weighted by molar-refractivity contribution is -0.145. The second kappa shape index (κ2) is 20.0. The monoisotopic (exact) mass is 402 g/mol. The zero-order chi connectivity index (χ0) is 20.9. The zero-order valence-electron chi connectivity index (χ0n) is 16.7. The van der Waals surface area contributed by atoms with Gasteiger partial charge in [-0.2, -0.15) is 0 Å². The molecule has 0 fully saturated rings. The Balaban J connectivity index is 3.27. The van der Waals surface area contributed by atoms with Crippen molar-refractivity contribution in [3.63, 3.8) is 0 Å². The van der Waals surface area contributed by atoms with Crippen LogP contribution in [0.15, 0.2) is 0 Å². The van der Waals surface area contributed by atoms with Crippen LogP contribution >= 0.6 is 0 Å². The summed E-state index contributed by atoms with van der Waals surface area (Å²) in [5.41, 5.74) is 0. The molecular formula is C18H34N4O6. The van der Waals surface area contributed by atoms with Gasteiger partial charge in [0.1, 0.15) is 0 Å². The van der Waals surface area contributed by atoms with E-state index in [2.05, 4.69) is 22.9 Å². The van der Waals surface area contributed by atoms with Crippen LogP contribution in [0.4, 0.5) is 0 Å². The molecule has 0 aliphatic rings. The number of imide groups is 1. The van der Waals surface area contributed by atoms with Gasteiger partial charge in [0, 0.05) is 26.2 Å². The average Bonchev–Trinajstić information content (AvgIpc) is 2.69. The molecule has 0 saturated heterocycles. The third-order valence-corrected chi connectivity index (χ3v) is 3.51. The zero-order valence-corrected chi connectivity index (χ0v) is 16.7. The van der Waals surface area contributed by atoms with Gasteiger partial charge in [0.2, 0.25) is 12.2 Å². The Hall–Kier alpha value is -1.72. The number of unbranched alkanes of at least 4 members (excludes halogenated alkanes) is 1. The first-order chi connectivity index (χ1) is 13.6. The Bertz CT molecular complexity index is 448. The second-order valence-corrected chi connectivity index (χ2v) is 5.95. The van der Waals surface area contributed by atoms with E-state index in [1.165, 1.54) is 0 Å². The highest BCUT2D eigenvalue weighted by atomic mass is 16.5. The molecule has 4 N–H and O–H groups in total. The van der Waals surface area contributed by atoms with Crippen LogP contribution in [0, 0.1) is 0 Å². The quantitative estimate of drug-likeness (QED) is 0.0774. The second-order valence-electron chi connectivity index (χ2n) is 5.95. The predicted octanol–water partition coefficient (Wildman–Crippen LogP) is -1.61. The lowest BCUT2D eigenvalue weighted by Crippen LogP contribution is -2.40. The fourth-order valence-electron chi connectivity index (χ4n) is 2.07. The fourth-order valence-corrected chi connectivity index (χ4v) is 2.07. The van der Waals surface area contributed by atoms with E-state index < -0.39 is 17.5 Å². The highest BCUT2D eigenvalue weighted by Crippen LogP contribution is 1.85. The summed E-state index contributed by atoms with van der Waals surface area (Å²) < 4.78 is 10.7. The van der Waals surface area contributed by atoms with E-state index in [-0.39, 0.29) is 13.0 Å². The van der Waals surface area contributed by atoms with Crippen molar-refractivity contribution < 1.29 is 28.7 Å². The van der Waals surface area contributed by atoms with Crippen LogP contribution in [0.5, 0.6) is 0 Å². The lowest BCUT2D eigenvalue weighted by atomic mass is 10.2. The number of ether oxygens (including phenoxy) is 2. The summed E-state index contributed by atoms with van der Waals surface area (Å²) in [4.78, 5) is 43.7.